The molecular weight excluding hydrogens is 352 g/mol. The number of nitrogens with zero attached hydrogens (tertiary/aromatic N) is 1. The summed E-state index contributed by atoms with van der Waals surface area (Å²) in [6, 6.07) is 12.2. The molecule has 0 aliphatic heterocycles. The van der Waals surface area contributed by atoms with Gasteiger partial charge in [0, 0.05) is 16.4 Å². The average molecular weight is 377 g/mol. The smallest absolute Gasteiger partial charge is 0.230 e. The molecule has 3 rings (SSSR count). The minimum Gasteiger partial charge on any atom is -0.353 e. The second-order valence-corrected chi connectivity index (χ2v) is 8.42. The zero-order valence-corrected chi connectivity index (χ0v) is 16.4. The summed E-state index contributed by atoms with van der Waals surface area (Å²) in [4.78, 5) is 16.6. The molecule has 0 bridgehead atoms. The third kappa shape index (κ3) is 3.91. The van der Waals surface area contributed by atoms with Gasteiger partial charge in [0.25, 0.3) is 0 Å². The molecule has 134 valence electrons. The molecule has 1 N–H and O–H groups in total. The second-order valence-electron chi connectivity index (χ2n) is 7.00. The molecule has 0 spiro atoms. The van der Waals surface area contributed by atoms with Crippen molar-refractivity contribution in [3.63, 3.8) is 0 Å². The topological polar surface area (TPSA) is 32.3 Å². The van der Waals surface area contributed by atoms with Gasteiger partial charge in [0.1, 0.15) is 0 Å². The number of benzene rings is 1. The van der Waals surface area contributed by atoms with Crippen molar-refractivity contribution in [2.75, 3.05) is 20.6 Å². The van der Waals surface area contributed by atoms with E-state index >= 15 is 0 Å². The minimum atomic E-state index is -0.406. The Labute approximate surface area is 159 Å². The molecule has 1 amide bonds. The summed E-state index contributed by atoms with van der Waals surface area (Å²) in [5, 5.41) is 6.04. The van der Waals surface area contributed by atoms with Crippen LogP contribution in [0.4, 0.5) is 0 Å². The third-order valence-corrected chi connectivity index (χ3v) is 6.47. The molecule has 1 fully saturated rings. The number of amides is 1. The Morgan fingerprint density at radius 2 is 1.92 bits per heavy atom. The molecule has 1 aliphatic carbocycles. The van der Waals surface area contributed by atoms with Crippen molar-refractivity contribution in [3.8, 4) is 0 Å². The first kappa shape index (κ1) is 18.4. The highest BCUT2D eigenvalue weighted by Gasteiger charge is 2.42. The maximum atomic E-state index is 13.2. The van der Waals surface area contributed by atoms with Crippen LogP contribution in [-0.4, -0.2) is 31.4 Å². The van der Waals surface area contributed by atoms with Crippen LogP contribution in [0, 0.1) is 0 Å². The first-order valence-corrected chi connectivity index (χ1v) is 10.0. The number of halogens is 1. The van der Waals surface area contributed by atoms with Gasteiger partial charge in [-0.2, -0.15) is 0 Å². The summed E-state index contributed by atoms with van der Waals surface area (Å²) in [6.07, 6.45) is 4.01. The van der Waals surface area contributed by atoms with Gasteiger partial charge in [-0.25, -0.2) is 0 Å². The molecular formula is C20H25ClN2OS. The number of hydrogen-bond donors (Lipinski definition) is 1. The van der Waals surface area contributed by atoms with E-state index in [-0.39, 0.29) is 11.9 Å². The minimum absolute atomic E-state index is 0.149. The normalized spacial score (nSPS) is 17.6. The maximum absolute atomic E-state index is 13.2. The lowest BCUT2D eigenvalue weighted by atomic mass is 9.78. The van der Waals surface area contributed by atoms with Gasteiger partial charge in [-0.05, 0) is 56.1 Å². The van der Waals surface area contributed by atoms with E-state index in [1.54, 1.807) is 11.3 Å². The largest absolute Gasteiger partial charge is 0.353 e. The number of carbonyl (C=O) groups excluding carboxylic acids is 1. The number of rotatable bonds is 6. The molecule has 3 nitrogen and oxygen atoms in total. The van der Waals surface area contributed by atoms with Gasteiger partial charge in [-0.15, -0.1) is 11.3 Å². The van der Waals surface area contributed by atoms with Crippen molar-refractivity contribution in [2.45, 2.75) is 37.1 Å². The second kappa shape index (κ2) is 7.90. The average Bonchev–Trinajstić information content (AvgIpc) is 3.28. The molecule has 1 aromatic heterocycles. The Balaban J connectivity index is 1.76. The van der Waals surface area contributed by atoms with Crippen molar-refractivity contribution in [3.05, 3.63) is 57.2 Å². The van der Waals surface area contributed by atoms with E-state index in [0.717, 1.165) is 31.2 Å². The van der Waals surface area contributed by atoms with Gasteiger partial charge in [0.2, 0.25) is 5.91 Å². The summed E-state index contributed by atoms with van der Waals surface area (Å²) in [5.74, 6) is 0.149. The van der Waals surface area contributed by atoms with Crippen LogP contribution in [-0.2, 0) is 10.2 Å². The number of thiophene rings is 1. The van der Waals surface area contributed by atoms with Crippen molar-refractivity contribution in [1.29, 1.82) is 0 Å². The molecule has 0 radical (unpaired) electrons. The maximum Gasteiger partial charge on any atom is 0.230 e. The lowest BCUT2D eigenvalue weighted by Gasteiger charge is -2.30. The summed E-state index contributed by atoms with van der Waals surface area (Å²) in [7, 11) is 4.11. The molecule has 1 atom stereocenters. The highest BCUT2D eigenvalue weighted by atomic mass is 35.5. The van der Waals surface area contributed by atoms with Gasteiger partial charge < -0.3 is 10.2 Å². The Morgan fingerprint density at radius 3 is 2.48 bits per heavy atom. The van der Waals surface area contributed by atoms with Gasteiger partial charge in [0.15, 0.2) is 0 Å². The van der Waals surface area contributed by atoms with Gasteiger partial charge in [0.05, 0.1) is 11.5 Å². The fourth-order valence-electron chi connectivity index (χ4n) is 3.77. The molecule has 1 heterocycles. The van der Waals surface area contributed by atoms with Crippen LogP contribution in [0.2, 0.25) is 5.02 Å². The number of hydrogen-bond acceptors (Lipinski definition) is 3. The first-order chi connectivity index (χ1) is 12.0. The van der Waals surface area contributed by atoms with Crippen LogP contribution in [0.5, 0.6) is 0 Å². The predicted octanol–water partition coefficient (Wildman–Crippen LogP) is 4.63. The van der Waals surface area contributed by atoms with Crippen LogP contribution >= 0.6 is 22.9 Å². The molecule has 2 aromatic rings. The first-order valence-electron chi connectivity index (χ1n) is 8.77. The van der Waals surface area contributed by atoms with Crippen LogP contribution in [0.3, 0.4) is 0 Å². The Kier molecular flexibility index (Phi) is 5.82. The zero-order valence-electron chi connectivity index (χ0n) is 14.8. The van der Waals surface area contributed by atoms with E-state index in [4.69, 9.17) is 11.6 Å². The van der Waals surface area contributed by atoms with Crippen molar-refractivity contribution >= 4 is 28.8 Å². The van der Waals surface area contributed by atoms with Crippen molar-refractivity contribution in [2.24, 2.45) is 0 Å². The summed E-state index contributed by atoms with van der Waals surface area (Å²) in [6.45, 7) is 0.627. The van der Waals surface area contributed by atoms with Crippen LogP contribution in [0.25, 0.3) is 0 Å². The van der Waals surface area contributed by atoms with E-state index in [1.165, 1.54) is 4.88 Å². The molecule has 25 heavy (non-hydrogen) atoms. The Hall–Kier alpha value is -1.36. The predicted molar refractivity (Wildman–Crippen MR) is 105 cm³/mol. The zero-order chi connectivity index (χ0) is 17.9. The highest BCUT2D eigenvalue weighted by molar-refractivity contribution is 7.10. The van der Waals surface area contributed by atoms with E-state index < -0.39 is 5.41 Å². The van der Waals surface area contributed by atoms with E-state index in [1.807, 2.05) is 24.3 Å². The Bertz CT molecular complexity index is 691. The van der Waals surface area contributed by atoms with Gasteiger partial charge >= 0.3 is 0 Å². The summed E-state index contributed by atoms with van der Waals surface area (Å²) >= 11 is 7.77. The van der Waals surface area contributed by atoms with Gasteiger partial charge in [-0.3, -0.25) is 4.79 Å². The number of likely N-dealkylation sites (N-methyl/N-ethyl adjacent to an activating group) is 1. The lowest BCUT2D eigenvalue weighted by Crippen LogP contribution is -2.45. The lowest BCUT2D eigenvalue weighted by molar-refractivity contribution is -0.126. The van der Waals surface area contributed by atoms with E-state index in [0.29, 0.717) is 11.6 Å². The van der Waals surface area contributed by atoms with Crippen LogP contribution < -0.4 is 5.32 Å². The number of nitrogens with one attached hydrogen (secondary N) is 1. The van der Waals surface area contributed by atoms with Crippen LogP contribution in [0.1, 0.15) is 42.2 Å². The quantitative estimate of drug-likeness (QED) is 0.796. The van der Waals surface area contributed by atoms with Crippen LogP contribution in [0.15, 0.2) is 41.8 Å². The Morgan fingerprint density at radius 1 is 1.24 bits per heavy atom. The molecule has 1 unspecified atom stereocenters. The van der Waals surface area contributed by atoms with E-state index in [9.17, 15) is 4.79 Å². The molecule has 0 saturated heterocycles. The van der Waals surface area contributed by atoms with Crippen molar-refractivity contribution < 1.29 is 4.79 Å². The summed E-state index contributed by atoms with van der Waals surface area (Å²) < 4.78 is 0. The highest BCUT2D eigenvalue weighted by Crippen LogP contribution is 2.41. The molecule has 5 heteroatoms. The summed E-state index contributed by atoms with van der Waals surface area (Å²) in [5.41, 5.74) is 0.682. The number of carbonyl (C=O) groups is 1. The standard InChI is InChI=1S/C20H25ClN2OS/c1-23(2)17(18-6-5-13-25-18)14-22-19(24)20(11-3-4-12-20)15-7-9-16(21)10-8-15/h5-10,13,17H,3-4,11-12,14H2,1-2H3,(H,22,24). The fraction of sp³-hybridized carbons (Fsp3) is 0.450. The van der Waals surface area contributed by atoms with Crippen molar-refractivity contribution in [1.82, 2.24) is 10.2 Å². The third-order valence-electron chi connectivity index (χ3n) is 5.24. The molecule has 1 saturated carbocycles. The van der Waals surface area contributed by atoms with Gasteiger partial charge in [-0.1, -0.05) is 42.6 Å². The van der Waals surface area contributed by atoms with E-state index in [2.05, 4.69) is 41.8 Å². The monoisotopic (exact) mass is 376 g/mol. The molecule has 1 aromatic carbocycles. The fourth-order valence-corrected chi connectivity index (χ4v) is 4.82. The molecule has 1 aliphatic rings. The SMILES string of the molecule is CN(C)C(CNC(=O)C1(c2ccc(Cl)cc2)CCCC1)c1cccs1.